The van der Waals surface area contributed by atoms with Crippen LogP contribution < -0.4 is 10.3 Å². The molecule has 0 fully saturated rings. The van der Waals surface area contributed by atoms with Crippen molar-refractivity contribution in [3.05, 3.63) is 34.9 Å². The topological polar surface area (TPSA) is 68.1 Å². The minimum Gasteiger partial charge on any atom is -0.497 e. The third-order valence-corrected chi connectivity index (χ3v) is 2.50. The lowest BCUT2D eigenvalue weighted by Crippen LogP contribution is -2.05. The Kier molecular flexibility index (Phi) is 1.73. The number of aromatic amines is 1. The molecule has 0 aliphatic rings. The zero-order chi connectivity index (χ0) is 11.1. The second kappa shape index (κ2) is 3.10. The van der Waals surface area contributed by atoms with Gasteiger partial charge in [-0.25, -0.2) is 4.98 Å². The van der Waals surface area contributed by atoms with Gasteiger partial charge >= 0.3 is 0 Å². The number of nitrogens with zero attached hydrogens (tertiary/aromatic N) is 1. The van der Waals surface area contributed by atoms with E-state index in [9.17, 15) is 4.79 Å². The zero-order valence-corrected chi connectivity index (χ0v) is 8.48. The van der Waals surface area contributed by atoms with Crippen molar-refractivity contribution >= 4 is 22.0 Å². The third-order valence-electron chi connectivity index (χ3n) is 2.50. The Morgan fingerprint density at radius 3 is 3.12 bits per heavy atom. The molecule has 0 amide bonds. The molecule has 1 aromatic carbocycles. The number of nitrogens with one attached hydrogen (secondary N) is 1. The average Bonchev–Trinajstić information content (AvgIpc) is 2.78. The summed E-state index contributed by atoms with van der Waals surface area (Å²) in [5, 5.41) is 0.813. The van der Waals surface area contributed by atoms with Crippen LogP contribution in [0, 0.1) is 0 Å². The predicted molar refractivity (Wildman–Crippen MR) is 58.7 cm³/mol. The van der Waals surface area contributed by atoms with Crippen LogP contribution in [0.25, 0.3) is 22.0 Å². The van der Waals surface area contributed by atoms with Crippen LogP contribution in [0.4, 0.5) is 0 Å². The van der Waals surface area contributed by atoms with E-state index >= 15 is 0 Å². The fourth-order valence-corrected chi connectivity index (χ4v) is 1.73. The summed E-state index contributed by atoms with van der Waals surface area (Å²) in [4.78, 5) is 18.2. The number of oxazole rings is 1. The van der Waals surface area contributed by atoms with Gasteiger partial charge < -0.3 is 14.1 Å². The number of pyridine rings is 1. The normalized spacial score (nSPS) is 11.1. The summed E-state index contributed by atoms with van der Waals surface area (Å²) < 4.78 is 10.3. The number of ether oxygens (including phenoxy) is 1. The summed E-state index contributed by atoms with van der Waals surface area (Å²) in [6, 6.07) is 5.39. The maximum Gasteiger partial charge on any atom is 0.278 e. The number of rotatable bonds is 1. The van der Waals surface area contributed by atoms with Crippen molar-refractivity contribution in [2.75, 3.05) is 7.11 Å². The summed E-state index contributed by atoms with van der Waals surface area (Å²) >= 11 is 0. The Labute approximate surface area is 89.7 Å². The van der Waals surface area contributed by atoms with E-state index in [1.807, 2.05) is 12.1 Å². The Bertz CT molecular complexity index is 727. The van der Waals surface area contributed by atoms with Crippen molar-refractivity contribution in [2.24, 2.45) is 0 Å². The second-order valence-corrected chi connectivity index (χ2v) is 3.40. The molecular formula is C11H8N2O3. The Morgan fingerprint density at radius 1 is 1.44 bits per heavy atom. The van der Waals surface area contributed by atoms with Crippen LogP contribution in [-0.4, -0.2) is 17.1 Å². The van der Waals surface area contributed by atoms with Crippen molar-refractivity contribution < 1.29 is 9.15 Å². The van der Waals surface area contributed by atoms with Gasteiger partial charge in [-0.15, -0.1) is 0 Å². The van der Waals surface area contributed by atoms with Gasteiger partial charge in [-0.3, -0.25) is 4.79 Å². The summed E-state index contributed by atoms with van der Waals surface area (Å²) in [7, 11) is 1.58. The molecule has 0 unspecified atom stereocenters. The molecule has 0 saturated heterocycles. The van der Waals surface area contributed by atoms with E-state index in [2.05, 4.69) is 9.97 Å². The maximum atomic E-state index is 11.6. The molecule has 0 saturated carbocycles. The fraction of sp³-hybridized carbons (Fsp3) is 0.0909. The van der Waals surface area contributed by atoms with Crippen molar-refractivity contribution in [1.82, 2.24) is 9.97 Å². The van der Waals surface area contributed by atoms with Gasteiger partial charge in [-0.1, -0.05) is 0 Å². The lowest BCUT2D eigenvalue weighted by Gasteiger charge is -2.01. The number of methoxy groups -OCH3 is 1. The minimum atomic E-state index is -0.260. The highest BCUT2D eigenvalue weighted by atomic mass is 16.5. The highest BCUT2D eigenvalue weighted by Gasteiger charge is 2.09. The Balaban J connectivity index is 2.53. The zero-order valence-electron chi connectivity index (χ0n) is 8.48. The molecule has 5 heteroatoms. The first-order chi connectivity index (χ1) is 7.79. The first-order valence-corrected chi connectivity index (χ1v) is 4.73. The molecule has 0 atom stereocenters. The third kappa shape index (κ3) is 1.11. The highest BCUT2D eigenvalue weighted by molar-refractivity contribution is 6.00. The van der Waals surface area contributed by atoms with E-state index in [1.165, 1.54) is 6.39 Å². The molecule has 3 aromatic rings. The summed E-state index contributed by atoms with van der Waals surface area (Å²) in [5.41, 5.74) is 1.23. The van der Waals surface area contributed by atoms with Crippen LogP contribution in [0.15, 0.2) is 33.8 Å². The van der Waals surface area contributed by atoms with Crippen LogP contribution in [0.2, 0.25) is 0 Å². The van der Waals surface area contributed by atoms with Crippen LogP contribution in [0.5, 0.6) is 5.75 Å². The molecule has 1 N–H and O–H groups in total. The largest absolute Gasteiger partial charge is 0.497 e. The number of hydrogen-bond donors (Lipinski definition) is 1. The van der Waals surface area contributed by atoms with Gasteiger partial charge in [0.1, 0.15) is 5.75 Å². The van der Waals surface area contributed by atoms with E-state index in [-0.39, 0.29) is 5.56 Å². The van der Waals surface area contributed by atoms with Crippen LogP contribution in [-0.2, 0) is 0 Å². The van der Waals surface area contributed by atoms with E-state index in [1.54, 1.807) is 13.2 Å². The van der Waals surface area contributed by atoms with Crippen LogP contribution in [0.1, 0.15) is 0 Å². The number of fused-ring (bicyclic) bond motifs is 3. The summed E-state index contributed by atoms with van der Waals surface area (Å²) in [5.74, 6) is 0.682. The molecule has 5 nitrogen and oxygen atoms in total. The molecule has 0 bridgehead atoms. The highest BCUT2D eigenvalue weighted by Crippen LogP contribution is 2.23. The van der Waals surface area contributed by atoms with E-state index in [0.717, 1.165) is 5.39 Å². The van der Waals surface area contributed by atoms with Crippen LogP contribution in [0.3, 0.4) is 0 Å². The standard InChI is InChI=1S/C11H8N2O3/c1-15-6-2-3-7-8(4-6)13-11(14)9-10(7)16-5-12-9/h2-5H,1H3,(H,13,14). The van der Waals surface area contributed by atoms with Gasteiger partial charge in [0.15, 0.2) is 17.5 Å². The Morgan fingerprint density at radius 2 is 2.31 bits per heavy atom. The van der Waals surface area contributed by atoms with Crippen molar-refractivity contribution in [2.45, 2.75) is 0 Å². The molecule has 0 aliphatic heterocycles. The fourth-order valence-electron chi connectivity index (χ4n) is 1.73. The SMILES string of the molecule is COc1ccc2c(c1)[nH]c(=O)c1ncoc12. The maximum absolute atomic E-state index is 11.6. The van der Waals surface area contributed by atoms with Crippen molar-refractivity contribution in [3.8, 4) is 5.75 Å². The number of benzene rings is 1. The summed E-state index contributed by atoms with van der Waals surface area (Å²) in [6.07, 6.45) is 1.27. The van der Waals surface area contributed by atoms with Gasteiger partial charge in [-0.2, -0.15) is 0 Å². The number of hydrogen-bond acceptors (Lipinski definition) is 4. The molecule has 0 aliphatic carbocycles. The van der Waals surface area contributed by atoms with Crippen molar-refractivity contribution in [3.63, 3.8) is 0 Å². The second-order valence-electron chi connectivity index (χ2n) is 3.40. The lowest BCUT2D eigenvalue weighted by atomic mass is 10.2. The molecule has 2 aromatic heterocycles. The quantitative estimate of drug-likeness (QED) is 0.671. The van der Waals surface area contributed by atoms with Gasteiger partial charge in [0.25, 0.3) is 5.56 Å². The number of H-pyrrole nitrogens is 1. The molecule has 2 heterocycles. The average molecular weight is 216 g/mol. The van der Waals surface area contributed by atoms with Gasteiger partial charge in [-0.05, 0) is 12.1 Å². The first-order valence-electron chi connectivity index (χ1n) is 4.73. The van der Waals surface area contributed by atoms with E-state index < -0.39 is 0 Å². The molecule has 80 valence electrons. The van der Waals surface area contributed by atoms with E-state index in [4.69, 9.17) is 9.15 Å². The first kappa shape index (κ1) is 8.96. The van der Waals surface area contributed by atoms with Gasteiger partial charge in [0.05, 0.1) is 12.6 Å². The molecular weight excluding hydrogens is 208 g/mol. The van der Waals surface area contributed by atoms with Crippen molar-refractivity contribution in [1.29, 1.82) is 0 Å². The minimum absolute atomic E-state index is 0.260. The summed E-state index contributed by atoms with van der Waals surface area (Å²) in [6.45, 7) is 0. The molecule has 0 spiro atoms. The van der Waals surface area contributed by atoms with Gasteiger partial charge in [0, 0.05) is 11.5 Å². The monoisotopic (exact) mass is 216 g/mol. The van der Waals surface area contributed by atoms with Gasteiger partial charge in [0.2, 0.25) is 0 Å². The molecule has 3 rings (SSSR count). The molecule has 16 heavy (non-hydrogen) atoms. The molecule has 0 radical (unpaired) electrons. The lowest BCUT2D eigenvalue weighted by molar-refractivity contribution is 0.415. The number of aromatic nitrogens is 2. The van der Waals surface area contributed by atoms with Crippen LogP contribution >= 0.6 is 0 Å². The predicted octanol–water partition coefficient (Wildman–Crippen LogP) is 1.68. The van der Waals surface area contributed by atoms with E-state index in [0.29, 0.717) is 22.4 Å². The smallest absolute Gasteiger partial charge is 0.278 e. The Hall–Kier alpha value is -2.30.